The fourth-order valence-electron chi connectivity index (χ4n) is 2.20. The predicted octanol–water partition coefficient (Wildman–Crippen LogP) is 3.15. The van der Waals surface area contributed by atoms with Crippen LogP contribution in [0.3, 0.4) is 0 Å². The van der Waals surface area contributed by atoms with E-state index in [1.807, 2.05) is 4.90 Å². The second-order valence-electron chi connectivity index (χ2n) is 5.63. The van der Waals surface area contributed by atoms with Crippen molar-refractivity contribution in [3.05, 3.63) is 5.82 Å². The summed E-state index contributed by atoms with van der Waals surface area (Å²) in [6.07, 6.45) is 3.05. The summed E-state index contributed by atoms with van der Waals surface area (Å²) in [4.78, 5) is 14.9. The summed E-state index contributed by atoms with van der Waals surface area (Å²) in [5.74, 6) is 0.989. The molecule has 25 heavy (non-hydrogen) atoms. The molecule has 142 valence electrons. The van der Waals surface area contributed by atoms with Crippen LogP contribution in [0.25, 0.3) is 0 Å². The molecule has 0 bridgehead atoms. The summed E-state index contributed by atoms with van der Waals surface area (Å²) in [6.45, 7) is 6.89. The molecule has 1 N–H and O–H groups in total. The van der Waals surface area contributed by atoms with Crippen molar-refractivity contribution >= 4 is 46.7 Å². The minimum absolute atomic E-state index is 0.107. The van der Waals surface area contributed by atoms with Gasteiger partial charge in [0.2, 0.25) is 15.7 Å². The highest BCUT2D eigenvalue weighted by atomic mass is 35.6. The average Bonchev–Trinajstić information content (AvgIpc) is 2.61. The highest BCUT2D eigenvalue weighted by Gasteiger charge is 2.29. The van der Waals surface area contributed by atoms with Gasteiger partial charge in [0, 0.05) is 32.8 Å². The Bertz CT molecular complexity index is 524. The second-order valence-corrected chi connectivity index (χ2v) is 7.91. The first-order chi connectivity index (χ1) is 12.0. The molecule has 1 aromatic heterocycles. The Kier molecular flexibility index (Phi) is 8.72. The molecule has 2 rings (SSSR count). The zero-order valence-corrected chi connectivity index (χ0v) is 16.6. The number of halogens is 3. The maximum atomic E-state index is 5.96. The molecule has 0 aromatic carbocycles. The minimum Gasteiger partial charge on any atom is -0.381 e. The number of aromatic nitrogens is 3. The van der Waals surface area contributed by atoms with Gasteiger partial charge in [-0.3, -0.25) is 0 Å². The minimum atomic E-state index is -1.70. The Morgan fingerprint density at radius 2 is 1.84 bits per heavy atom. The van der Waals surface area contributed by atoms with Crippen LogP contribution < -0.4 is 10.2 Å². The lowest BCUT2D eigenvalue weighted by Crippen LogP contribution is -2.38. The van der Waals surface area contributed by atoms with Crippen molar-refractivity contribution in [2.24, 2.45) is 0 Å². The molecule has 0 amide bonds. The Morgan fingerprint density at radius 3 is 2.52 bits per heavy atom. The quantitative estimate of drug-likeness (QED) is 0.493. The Balaban J connectivity index is 1.96. The Hall–Kier alpha value is -0.600. The van der Waals surface area contributed by atoms with Crippen LogP contribution in [0, 0.1) is 0 Å². The van der Waals surface area contributed by atoms with Crippen LogP contribution in [0.5, 0.6) is 0 Å². The van der Waals surface area contributed by atoms with Gasteiger partial charge >= 0.3 is 0 Å². The molecule has 1 aliphatic rings. The summed E-state index contributed by atoms with van der Waals surface area (Å²) in [6, 6.07) is 0. The third kappa shape index (κ3) is 7.27. The second kappa shape index (κ2) is 10.5. The number of hydrogen-bond acceptors (Lipinski definition) is 7. The predicted molar refractivity (Wildman–Crippen MR) is 101 cm³/mol. The highest BCUT2D eigenvalue weighted by molar-refractivity contribution is 6.66. The van der Waals surface area contributed by atoms with Gasteiger partial charge in [-0.05, 0) is 12.8 Å². The van der Waals surface area contributed by atoms with Crippen LogP contribution in [0.1, 0.15) is 32.0 Å². The van der Waals surface area contributed by atoms with E-state index >= 15 is 0 Å². The lowest BCUT2D eigenvalue weighted by atomic mass is 10.4. The lowest BCUT2D eigenvalue weighted by Gasteiger charge is -2.27. The maximum absolute atomic E-state index is 5.96. The number of morpholine rings is 1. The van der Waals surface area contributed by atoms with Crippen molar-refractivity contribution in [2.75, 3.05) is 56.3 Å². The molecule has 0 unspecified atom stereocenters. The SMILES string of the molecule is CCCCOCCCNc1nc(N2CCOCC2)nc(C(Cl)(Cl)Cl)n1. The van der Waals surface area contributed by atoms with Crippen LogP contribution in [-0.4, -0.2) is 61.0 Å². The van der Waals surface area contributed by atoms with Crippen LogP contribution in [0.15, 0.2) is 0 Å². The molecule has 0 saturated carbocycles. The maximum Gasteiger partial charge on any atom is 0.250 e. The van der Waals surface area contributed by atoms with Gasteiger partial charge < -0.3 is 19.7 Å². The van der Waals surface area contributed by atoms with Gasteiger partial charge in [0.15, 0.2) is 5.82 Å². The number of nitrogens with zero attached hydrogens (tertiary/aromatic N) is 4. The molecule has 1 fully saturated rings. The number of hydrogen-bond donors (Lipinski definition) is 1. The van der Waals surface area contributed by atoms with Gasteiger partial charge in [-0.25, -0.2) is 0 Å². The first-order valence-electron chi connectivity index (χ1n) is 8.48. The first-order valence-corrected chi connectivity index (χ1v) is 9.61. The Morgan fingerprint density at radius 1 is 1.12 bits per heavy atom. The molecule has 0 spiro atoms. The molecular weight excluding hydrogens is 389 g/mol. The van der Waals surface area contributed by atoms with E-state index in [0.717, 1.165) is 25.9 Å². The van der Waals surface area contributed by atoms with Crippen molar-refractivity contribution < 1.29 is 9.47 Å². The topological polar surface area (TPSA) is 72.4 Å². The molecule has 1 saturated heterocycles. The number of alkyl halides is 3. The number of unbranched alkanes of at least 4 members (excludes halogenated alkanes) is 1. The van der Waals surface area contributed by atoms with Crippen molar-refractivity contribution in [2.45, 2.75) is 30.0 Å². The van der Waals surface area contributed by atoms with E-state index < -0.39 is 3.79 Å². The summed E-state index contributed by atoms with van der Waals surface area (Å²) in [5, 5.41) is 3.15. The molecule has 7 nitrogen and oxygen atoms in total. The molecule has 0 atom stereocenters. The number of anilines is 2. The molecule has 10 heteroatoms. The van der Waals surface area contributed by atoms with Crippen LogP contribution >= 0.6 is 34.8 Å². The van der Waals surface area contributed by atoms with Gasteiger partial charge in [0.05, 0.1) is 13.2 Å². The smallest absolute Gasteiger partial charge is 0.250 e. The van der Waals surface area contributed by atoms with E-state index in [4.69, 9.17) is 44.3 Å². The fraction of sp³-hybridized carbons (Fsp3) is 0.800. The van der Waals surface area contributed by atoms with E-state index in [9.17, 15) is 0 Å². The van der Waals surface area contributed by atoms with Gasteiger partial charge in [-0.1, -0.05) is 48.1 Å². The first kappa shape index (κ1) is 20.7. The van der Waals surface area contributed by atoms with Gasteiger partial charge in [-0.15, -0.1) is 0 Å². The van der Waals surface area contributed by atoms with Crippen molar-refractivity contribution in [3.63, 3.8) is 0 Å². The Labute approximate surface area is 163 Å². The van der Waals surface area contributed by atoms with Crippen LogP contribution in [-0.2, 0) is 13.3 Å². The summed E-state index contributed by atoms with van der Waals surface area (Å²) >= 11 is 17.9. The van der Waals surface area contributed by atoms with Gasteiger partial charge in [-0.2, -0.15) is 15.0 Å². The lowest BCUT2D eigenvalue weighted by molar-refractivity contribution is 0.122. The average molecular weight is 413 g/mol. The number of nitrogens with one attached hydrogen (secondary N) is 1. The number of ether oxygens (including phenoxy) is 2. The molecule has 1 aromatic rings. The molecule has 0 aliphatic carbocycles. The monoisotopic (exact) mass is 411 g/mol. The zero-order chi connectivity index (χ0) is 18.1. The summed E-state index contributed by atoms with van der Waals surface area (Å²) in [7, 11) is 0. The summed E-state index contributed by atoms with van der Waals surface area (Å²) < 4.78 is 9.17. The normalized spacial score (nSPS) is 15.4. The standard InChI is InChI=1S/C15H24Cl3N5O2/c1-2-3-8-24-9-4-5-19-13-20-12(15(16,17)18)21-14(22-13)23-6-10-25-11-7-23/h2-11H2,1H3,(H,19,20,21,22). The van der Waals surface area contributed by atoms with Crippen molar-refractivity contribution in [1.29, 1.82) is 0 Å². The summed E-state index contributed by atoms with van der Waals surface area (Å²) in [5.41, 5.74) is 0. The largest absolute Gasteiger partial charge is 0.381 e. The molecule has 0 radical (unpaired) electrons. The van der Waals surface area contributed by atoms with Crippen molar-refractivity contribution in [1.82, 2.24) is 15.0 Å². The molecule has 1 aliphatic heterocycles. The van der Waals surface area contributed by atoms with Crippen molar-refractivity contribution in [3.8, 4) is 0 Å². The van der Waals surface area contributed by atoms with E-state index in [1.54, 1.807) is 0 Å². The molecular formula is C15H24Cl3N5O2. The van der Waals surface area contributed by atoms with Gasteiger partial charge in [0.25, 0.3) is 0 Å². The molecule has 2 heterocycles. The zero-order valence-electron chi connectivity index (χ0n) is 14.3. The third-order valence-corrected chi connectivity index (χ3v) is 4.07. The third-order valence-electron chi connectivity index (χ3n) is 3.56. The highest BCUT2D eigenvalue weighted by Crippen LogP contribution is 2.36. The van der Waals surface area contributed by atoms with E-state index in [-0.39, 0.29) is 5.82 Å². The van der Waals surface area contributed by atoms with Crippen LogP contribution in [0.4, 0.5) is 11.9 Å². The number of rotatable bonds is 9. The fourth-order valence-corrected chi connectivity index (χ4v) is 2.45. The van der Waals surface area contributed by atoms with E-state index in [1.165, 1.54) is 0 Å². The van der Waals surface area contributed by atoms with Crippen LogP contribution in [0.2, 0.25) is 0 Å². The van der Waals surface area contributed by atoms with Gasteiger partial charge in [0.1, 0.15) is 0 Å². The van der Waals surface area contributed by atoms with E-state index in [0.29, 0.717) is 51.4 Å². The van der Waals surface area contributed by atoms with E-state index in [2.05, 4.69) is 27.2 Å².